The van der Waals surface area contributed by atoms with Gasteiger partial charge in [-0.2, -0.15) is 0 Å². The predicted molar refractivity (Wildman–Crippen MR) is 124 cm³/mol. The van der Waals surface area contributed by atoms with E-state index in [0.717, 1.165) is 22.0 Å². The fourth-order valence-electron chi connectivity index (χ4n) is 4.92. The van der Waals surface area contributed by atoms with Crippen molar-refractivity contribution in [2.24, 2.45) is 5.92 Å². The van der Waals surface area contributed by atoms with Crippen molar-refractivity contribution in [3.8, 4) is 5.75 Å². The van der Waals surface area contributed by atoms with Gasteiger partial charge in [-0.15, -0.1) is 0 Å². The molecule has 5 rings (SSSR count). The SMILES string of the molecule is O=C(c1cc2ccc(O)cc2[nH]1)N1CCC(C(O)(c2ccccc2)c2ccccc2)CC1. The molecule has 1 aromatic heterocycles. The van der Waals surface area contributed by atoms with Crippen LogP contribution in [0.5, 0.6) is 5.75 Å². The Morgan fingerprint density at radius 1 is 0.875 bits per heavy atom. The van der Waals surface area contributed by atoms with Crippen LogP contribution in [0, 0.1) is 5.92 Å². The molecule has 0 atom stereocenters. The highest BCUT2D eigenvalue weighted by molar-refractivity contribution is 5.98. The van der Waals surface area contributed by atoms with E-state index in [2.05, 4.69) is 4.98 Å². The summed E-state index contributed by atoms with van der Waals surface area (Å²) in [4.78, 5) is 18.1. The quantitative estimate of drug-likeness (QED) is 0.444. The number of nitrogens with zero attached hydrogens (tertiary/aromatic N) is 1. The number of aromatic nitrogens is 1. The van der Waals surface area contributed by atoms with Gasteiger partial charge < -0.3 is 20.1 Å². The van der Waals surface area contributed by atoms with Crippen LogP contribution in [0.4, 0.5) is 0 Å². The minimum absolute atomic E-state index is 0.00369. The molecule has 1 aliphatic heterocycles. The summed E-state index contributed by atoms with van der Waals surface area (Å²) in [6, 6.07) is 26.5. The lowest BCUT2D eigenvalue weighted by Crippen LogP contribution is -2.46. The molecule has 1 aliphatic rings. The normalized spacial score (nSPS) is 15.2. The Labute approximate surface area is 186 Å². The second-order valence-corrected chi connectivity index (χ2v) is 8.52. The maximum Gasteiger partial charge on any atom is 0.270 e. The summed E-state index contributed by atoms with van der Waals surface area (Å²) in [5.74, 6) is 0.110. The molecule has 1 saturated heterocycles. The fraction of sp³-hybridized carbons (Fsp3) is 0.222. The van der Waals surface area contributed by atoms with Gasteiger partial charge in [0.2, 0.25) is 0 Å². The third-order valence-corrected chi connectivity index (χ3v) is 6.64. The number of hydrogen-bond donors (Lipinski definition) is 3. The zero-order chi connectivity index (χ0) is 22.1. The zero-order valence-electron chi connectivity index (χ0n) is 17.7. The van der Waals surface area contributed by atoms with Crippen molar-refractivity contribution in [3.05, 3.63) is 102 Å². The number of phenolic OH excluding ortho intramolecular Hbond substituents is 1. The van der Waals surface area contributed by atoms with E-state index in [1.165, 1.54) is 0 Å². The van der Waals surface area contributed by atoms with Crippen LogP contribution in [-0.4, -0.2) is 39.1 Å². The van der Waals surface area contributed by atoms with Crippen LogP contribution in [0.2, 0.25) is 0 Å². The third kappa shape index (κ3) is 3.55. The molecular weight excluding hydrogens is 400 g/mol. The van der Waals surface area contributed by atoms with E-state index in [4.69, 9.17) is 0 Å². The Morgan fingerprint density at radius 2 is 1.47 bits per heavy atom. The van der Waals surface area contributed by atoms with Gasteiger partial charge in [0.05, 0.1) is 0 Å². The number of phenols is 1. The Morgan fingerprint density at radius 3 is 2.06 bits per heavy atom. The summed E-state index contributed by atoms with van der Waals surface area (Å²) < 4.78 is 0. The van der Waals surface area contributed by atoms with Gasteiger partial charge in [-0.1, -0.05) is 60.7 Å². The number of piperidine rings is 1. The number of fused-ring (bicyclic) bond motifs is 1. The molecule has 1 amide bonds. The Kier molecular flexibility index (Phi) is 5.19. The number of rotatable bonds is 4. The maximum absolute atomic E-state index is 13.1. The number of aliphatic hydroxyl groups is 1. The summed E-state index contributed by atoms with van der Waals surface area (Å²) in [6.07, 6.45) is 1.40. The number of likely N-dealkylation sites (tertiary alicyclic amines) is 1. The van der Waals surface area contributed by atoms with Crippen molar-refractivity contribution in [1.82, 2.24) is 9.88 Å². The molecule has 1 fully saturated rings. The van der Waals surface area contributed by atoms with E-state index in [-0.39, 0.29) is 17.6 Å². The highest BCUT2D eigenvalue weighted by Gasteiger charge is 2.42. The first-order valence-corrected chi connectivity index (χ1v) is 11.0. The molecule has 0 unspecified atom stereocenters. The van der Waals surface area contributed by atoms with Crippen molar-refractivity contribution < 1.29 is 15.0 Å². The maximum atomic E-state index is 13.1. The van der Waals surface area contributed by atoms with Crippen LogP contribution in [0.15, 0.2) is 84.9 Å². The van der Waals surface area contributed by atoms with Gasteiger partial charge >= 0.3 is 0 Å². The van der Waals surface area contributed by atoms with Gasteiger partial charge in [-0.05, 0) is 48.1 Å². The van der Waals surface area contributed by atoms with Crippen LogP contribution in [0.1, 0.15) is 34.5 Å². The smallest absolute Gasteiger partial charge is 0.270 e. The minimum atomic E-state index is -1.10. The van der Waals surface area contributed by atoms with Crippen LogP contribution in [0.25, 0.3) is 10.9 Å². The standard InChI is InChI=1S/C27H26N2O3/c30-23-12-11-19-17-25(28-24(19)18-23)26(31)29-15-13-22(14-16-29)27(32,20-7-3-1-4-8-20)21-9-5-2-6-10-21/h1-12,17-18,22,28,30,32H,13-16H2. The summed E-state index contributed by atoms with van der Waals surface area (Å²) in [5, 5.41) is 22.6. The predicted octanol–water partition coefficient (Wildman–Crippen LogP) is 4.66. The third-order valence-electron chi connectivity index (χ3n) is 6.64. The number of aromatic amines is 1. The molecular formula is C27H26N2O3. The minimum Gasteiger partial charge on any atom is -0.508 e. The first-order chi connectivity index (χ1) is 15.6. The van der Waals surface area contributed by atoms with Gasteiger partial charge in [0.15, 0.2) is 0 Å². The lowest BCUT2D eigenvalue weighted by Gasteiger charge is -2.42. The molecule has 32 heavy (non-hydrogen) atoms. The van der Waals surface area contributed by atoms with Gasteiger partial charge in [0.1, 0.15) is 17.0 Å². The summed E-state index contributed by atoms with van der Waals surface area (Å²) in [7, 11) is 0. The average molecular weight is 427 g/mol. The molecule has 0 radical (unpaired) electrons. The van der Waals surface area contributed by atoms with E-state index >= 15 is 0 Å². The van der Waals surface area contributed by atoms with E-state index in [1.807, 2.05) is 71.6 Å². The number of H-pyrrole nitrogens is 1. The number of aromatic hydroxyl groups is 1. The Balaban J connectivity index is 1.37. The largest absolute Gasteiger partial charge is 0.508 e. The molecule has 3 N–H and O–H groups in total. The number of benzene rings is 3. The molecule has 4 aromatic rings. The first kappa shape index (κ1) is 20.3. The number of nitrogens with one attached hydrogen (secondary N) is 1. The molecule has 5 heteroatoms. The van der Waals surface area contributed by atoms with Gasteiger partial charge in [-0.3, -0.25) is 4.79 Å². The zero-order valence-corrected chi connectivity index (χ0v) is 17.7. The molecule has 162 valence electrons. The van der Waals surface area contributed by atoms with Gasteiger partial charge in [-0.25, -0.2) is 0 Å². The van der Waals surface area contributed by atoms with Crippen LogP contribution >= 0.6 is 0 Å². The van der Waals surface area contributed by atoms with Gasteiger partial charge in [0.25, 0.3) is 5.91 Å². The van der Waals surface area contributed by atoms with Crippen LogP contribution < -0.4 is 0 Å². The van der Waals surface area contributed by atoms with E-state index in [0.29, 0.717) is 31.6 Å². The molecule has 5 nitrogen and oxygen atoms in total. The van der Waals surface area contributed by atoms with Crippen molar-refractivity contribution in [1.29, 1.82) is 0 Å². The number of carbonyl (C=O) groups is 1. The van der Waals surface area contributed by atoms with Crippen molar-refractivity contribution in [2.45, 2.75) is 18.4 Å². The highest BCUT2D eigenvalue weighted by atomic mass is 16.3. The second-order valence-electron chi connectivity index (χ2n) is 8.52. The number of carbonyl (C=O) groups excluding carboxylic acids is 1. The van der Waals surface area contributed by atoms with Gasteiger partial charge in [0, 0.05) is 30.1 Å². The van der Waals surface area contributed by atoms with Crippen molar-refractivity contribution in [3.63, 3.8) is 0 Å². The second kappa shape index (κ2) is 8.17. The number of hydrogen-bond acceptors (Lipinski definition) is 3. The summed E-state index contributed by atoms with van der Waals surface area (Å²) in [6.45, 7) is 1.15. The topological polar surface area (TPSA) is 76.6 Å². The van der Waals surface area contributed by atoms with E-state index < -0.39 is 5.60 Å². The van der Waals surface area contributed by atoms with Crippen molar-refractivity contribution >= 4 is 16.8 Å². The fourth-order valence-corrected chi connectivity index (χ4v) is 4.92. The molecule has 3 aromatic carbocycles. The summed E-state index contributed by atoms with van der Waals surface area (Å²) in [5.41, 5.74) is 1.92. The molecule has 0 saturated carbocycles. The van der Waals surface area contributed by atoms with Crippen LogP contribution in [-0.2, 0) is 5.60 Å². The molecule has 0 aliphatic carbocycles. The monoisotopic (exact) mass is 426 g/mol. The van der Waals surface area contributed by atoms with Crippen LogP contribution in [0.3, 0.4) is 0 Å². The lowest BCUT2D eigenvalue weighted by atomic mass is 9.72. The van der Waals surface area contributed by atoms with Crippen molar-refractivity contribution in [2.75, 3.05) is 13.1 Å². The Bertz CT molecular complexity index is 1190. The van der Waals surface area contributed by atoms with E-state index in [9.17, 15) is 15.0 Å². The highest BCUT2D eigenvalue weighted by Crippen LogP contribution is 2.42. The summed E-state index contributed by atoms with van der Waals surface area (Å²) >= 11 is 0. The lowest BCUT2D eigenvalue weighted by molar-refractivity contribution is -0.0123. The average Bonchev–Trinajstić information content (AvgIpc) is 3.27. The van der Waals surface area contributed by atoms with E-state index in [1.54, 1.807) is 18.2 Å². The Hall–Kier alpha value is -3.57. The number of amides is 1. The molecule has 0 spiro atoms. The molecule has 2 heterocycles. The molecule has 0 bridgehead atoms. The first-order valence-electron chi connectivity index (χ1n) is 11.0.